The highest BCUT2D eigenvalue weighted by Gasteiger charge is 2.14. The highest BCUT2D eigenvalue weighted by molar-refractivity contribution is 7.90. The number of halogens is 1. The lowest BCUT2D eigenvalue weighted by atomic mass is 10.1. The molecule has 0 radical (unpaired) electrons. The van der Waals surface area contributed by atoms with Crippen LogP contribution in [-0.4, -0.2) is 24.5 Å². The van der Waals surface area contributed by atoms with Crippen LogP contribution in [0.25, 0.3) is 11.3 Å². The molecule has 2 rings (SSSR count). The zero-order valence-electron chi connectivity index (χ0n) is 9.88. The van der Waals surface area contributed by atoms with Gasteiger partial charge in [0.05, 0.1) is 10.6 Å². The number of hydrogen-bond acceptors (Lipinski definition) is 4. The number of anilines is 1. The standard InChI is InChI=1S/C11H12FN3O2S/c1-15-11(13)6-10(14-15)8-4-3-7(5-9(8)12)18(2,16)17/h3-6H,13H2,1-2H3. The first-order valence-corrected chi connectivity index (χ1v) is 6.97. The van der Waals surface area contributed by atoms with Crippen molar-refractivity contribution < 1.29 is 12.8 Å². The average molecular weight is 269 g/mol. The van der Waals surface area contributed by atoms with Gasteiger partial charge >= 0.3 is 0 Å². The Morgan fingerprint density at radius 2 is 2.00 bits per heavy atom. The van der Waals surface area contributed by atoms with Crippen LogP contribution in [0.2, 0.25) is 0 Å². The van der Waals surface area contributed by atoms with Gasteiger partial charge in [0.15, 0.2) is 9.84 Å². The number of hydrogen-bond donors (Lipinski definition) is 1. The minimum absolute atomic E-state index is 0.0624. The molecule has 1 heterocycles. The smallest absolute Gasteiger partial charge is 0.175 e. The van der Waals surface area contributed by atoms with Crippen LogP contribution in [0.5, 0.6) is 0 Å². The van der Waals surface area contributed by atoms with Crippen molar-refractivity contribution in [2.45, 2.75) is 4.90 Å². The molecular weight excluding hydrogens is 257 g/mol. The van der Waals surface area contributed by atoms with Crippen molar-refractivity contribution in [2.75, 3.05) is 12.0 Å². The zero-order chi connectivity index (χ0) is 13.5. The highest BCUT2D eigenvalue weighted by Crippen LogP contribution is 2.25. The minimum atomic E-state index is -3.42. The van der Waals surface area contributed by atoms with E-state index in [1.165, 1.54) is 22.9 Å². The minimum Gasteiger partial charge on any atom is -0.384 e. The van der Waals surface area contributed by atoms with Crippen LogP contribution in [0.1, 0.15) is 0 Å². The number of nitrogen functional groups attached to an aromatic ring is 1. The molecule has 18 heavy (non-hydrogen) atoms. The summed E-state index contributed by atoms with van der Waals surface area (Å²) in [7, 11) is -1.78. The van der Waals surface area contributed by atoms with Gasteiger partial charge in [0.1, 0.15) is 11.6 Å². The predicted molar refractivity (Wildman–Crippen MR) is 66.1 cm³/mol. The maximum absolute atomic E-state index is 13.9. The van der Waals surface area contributed by atoms with Crippen molar-refractivity contribution >= 4 is 15.7 Å². The Morgan fingerprint density at radius 1 is 1.33 bits per heavy atom. The maximum atomic E-state index is 13.9. The summed E-state index contributed by atoms with van der Waals surface area (Å²) in [5.41, 5.74) is 6.19. The number of rotatable bonds is 2. The Labute approximate surface area is 104 Å². The van der Waals surface area contributed by atoms with E-state index < -0.39 is 15.7 Å². The Kier molecular flexibility index (Phi) is 2.86. The first-order valence-electron chi connectivity index (χ1n) is 5.08. The molecule has 0 aliphatic rings. The van der Waals surface area contributed by atoms with Gasteiger partial charge in [-0.05, 0) is 18.2 Å². The topological polar surface area (TPSA) is 78.0 Å². The van der Waals surface area contributed by atoms with Crippen molar-refractivity contribution in [3.05, 3.63) is 30.1 Å². The fraction of sp³-hybridized carbons (Fsp3) is 0.182. The van der Waals surface area contributed by atoms with Gasteiger partial charge in [-0.15, -0.1) is 0 Å². The lowest BCUT2D eigenvalue weighted by Gasteiger charge is -2.02. The molecule has 5 nitrogen and oxygen atoms in total. The van der Waals surface area contributed by atoms with Gasteiger partial charge in [-0.25, -0.2) is 12.8 Å². The summed E-state index contributed by atoms with van der Waals surface area (Å²) in [6.07, 6.45) is 1.03. The van der Waals surface area contributed by atoms with E-state index in [4.69, 9.17) is 5.73 Å². The summed E-state index contributed by atoms with van der Waals surface area (Å²) in [5.74, 6) is -0.243. The van der Waals surface area contributed by atoms with Crippen LogP contribution in [0.4, 0.5) is 10.2 Å². The molecule has 7 heteroatoms. The number of sulfone groups is 1. The Balaban J connectivity index is 2.54. The maximum Gasteiger partial charge on any atom is 0.175 e. The second-order valence-electron chi connectivity index (χ2n) is 3.99. The van der Waals surface area contributed by atoms with Gasteiger partial charge in [-0.3, -0.25) is 4.68 Å². The predicted octanol–water partition coefficient (Wildman–Crippen LogP) is 1.21. The van der Waals surface area contributed by atoms with E-state index in [2.05, 4.69) is 5.10 Å². The van der Waals surface area contributed by atoms with Crippen molar-refractivity contribution in [1.82, 2.24) is 9.78 Å². The van der Waals surface area contributed by atoms with Crippen molar-refractivity contribution in [3.8, 4) is 11.3 Å². The molecule has 0 fully saturated rings. The van der Waals surface area contributed by atoms with Gasteiger partial charge in [-0.1, -0.05) is 0 Å². The molecule has 0 unspecified atom stereocenters. The van der Waals surface area contributed by atoms with Gasteiger partial charge in [0.2, 0.25) is 0 Å². The average Bonchev–Trinajstić information content (AvgIpc) is 2.57. The van der Waals surface area contributed by atoms with Crippen LogP contribution in [0.3, 0.4) is 0 Å². The summed E-state index contributed by atoms with van der Waals surface area (Å²) < 4.78 is 37.8. The molecule has 96 valence electrons. The second-order valence-corrected chi connectivity index (χ2v) is 6.01. The molecule has 0 saturated carbocycles. The molecule has 0 spiro atoms. The number of aryl methyl sites for hydroxylation is 1. The largest absolute Gasteiger partial charge is 0.384 e. The van der Waals surface area contributed by atoms with Crippen molar-refractivity contribution in [1.29, 1.82) is 0 Å². The SMILES string of the molecule is Cn1nc(-c2ccc(S(C)(=O)=O)cc2F)cc1N. The summed E-state index contributed by atoms with van der Waals surface area (Å²) >= 11 is 0. The van der Waals surface area contributed by atoms with Gasteiger partial charge < -0.3 is 5.73 Å². The molecule has 0 atom stereocenters. The fourth-order valence-electron chi connectivity index (χ4n) is 1.55. The lowest BCUT2D eigenvalue weighted by molar-refractivity contribution is 0.596. The monoisotopic (exact) mass is 269 g/mol. The second kappa shape index (κ2) is 4.09. The molecule has 0 saturated heterocycles. The fourth-order valence-corrected chi connectivity index (χ4v) is 2.18. The molecule has 2 aromatic rings. The van der Waals surface area contributed by atoms with E-state index in [9.17, 15) is 12.8 Å². The summed E-state index contributed by atoms with van der Waals surface area (Å²) in [6, 6.07) is 5.24. The van der Waals surface area contributed by atoms with Crippen LogP contribution in [0, 0.1) is 5.82 Å². The lowest BCUT2D eigenvalue weighted by Crippen LogP contribution is -1.99. The van der Waals surface area contributed by atoms with Gasteiger partial charge in [-0.2, -0.15) is 5.10 Å². The third-order valence-corrected chi connectivity index (χ3v) is 3.67. The number of benzene rings is 1. The normalized spacial score (nSPS) is 11.7. The molecule has 1 aromatic heterocycles. The molecule has 0 aliphatic carbocycles. The van der Waals surface area contributed by atoms with E-state index in [0.717, 1.165) is 12.3 Å². The Hall–Kier alpha value is -1.89. The molecular formula is C11H12FN3O2S. The van der Waals surface area contributed by atoms with Crippen LogP contribution < -0.4 is 5.73 Å². The highest BCUT2D eigenvalue weighted by atomic mass is 32.2. The van der Waals surface area contributed by atoms with E-state index in [1.807, 2.05) is 0 Å². The van der Waals surface area contributed by atoms with E-state index in [-0.39, 0.29) is 10.5 Å². The van der Waals surface area contributed by atoms with Crippen molar-refractivity contribution in [2.24, 2.45) is 7.05 Å². The number of nitrogens with two attached hydrogens (primary N) is 1. The molecule has 0 amide bonds. The van der Waals surface area contributed by atoms with E-state index >= 15 is 0 Å². The quantitative estimate of drug-likeness (QED) is 0.889. The summed E-state index contributed by atoms with van der Waals surface area (Å²) in [5, 5.41) is 4.04. The van der Waals surface area contributed by atoms with E-state index in [0.29, 0.717) is 11.5 Å². The molecule has 0 bridgehead atoms. The Bertz CT molecular complexity index is 688. The molecule has 2 N–H and O–H groups in total. The van der Waals surface area contributed by atoms with Gasteiger partial charge in [0, 0.05) is 24.9 Å². The third-order valence-electron chi connectivity index (χ3n) is 2.56. The Morgan fingerprint density at radius 3 is 2.44 bits per heavy atom. The van der Waals surface area contributed by atoms with Gasteiger partial charge in [0.25, 0.3) is 0 Å². The first-order chi connectivity index (χ1) is 8.29. The van der Waals surface area contributed by atoms with Crippen LogP contribution in [0.15, 0.2) is 29.2 Å². The summed E-state index contributed by atoms with van der Waals surface area (Å²) in [4.78, 5) is -0.0624. The van der Waals surface area contributed by atoms with E-state index in [1.54, 1.807) is 7.05 Å². The summed E-state index contributed by atoms with van der Waals surface area (Å²) in [6.45, 7) is 0. The molecule has 0 aliphatic heterocycles. The van der Waals surface area contributed by atoms with Crippen LogP contribution in [-0.2, 0) is 16.9 Å². The number of nitrogens with zero attached hydrogens (tertiary/aromatic N) is 2. The number of aromatic nitrogens is 2. The zero-order valence-corrected chi connectivity index (χ0v) is 10.7. The molecule has 1 aromatic carbocycles. The van der Waals surface area contributed by atoms with Crippen molar-refractivity contribution in [3.63, 3.8) is 0 Å². The third kappa shape index (κ3) is 2.21. The van der Waals surface area contributed by atoms with Crippen LogP contribution >= 0.6 is 0 Å². The first kappa shape index (κ1) is 12.6.